The first kappa shape index (κ1) is 16.1. The van der Waals surface area contributed by atoms with E-state index in [2.05, 4.69) is 15.3 Å². The van der Waals surface area contributed by atoms with Gasteiger partial charge >= 0.3 is 0 Å². The molecule has 1 heterocycles. The van der Waals surface area contributed by atoms with E-state index in [4.69, 9.17) is 11.6 Å². The van der Waals surface area contributed by atoms with Gasteiger partial charge in [-0.15, -0.1) is 0 Å². The molecule has 5 heteroatoms. The van der Waals surface area contributed by atoms with Crippen LogP contribution in [0.2, 0.25) is 5.02 Å². The number of aryl methyl sites for hydroxylation is 1. The van der Waals surface area contributed by atoms with E-state index in [0.29, 0.717) is 34.2 Å². The number of rotatable bonds is 4. The molecule has 0 unspecified atom stereocenters. The van der Waals surface area contributed by atoms with Crippen molar-refractivity contribution in [2.24, 2.45) is 0 Å². The number of nitrogens with one attached hydrogen (secondary N) is 1. The van der Waals surface area contributed by atoms with Crippen LogP contribution in [0.25, 0.3) is 0 Å². The van der Waals surface area contributed by atoms with Crippen LogP contribution in [0.3, 0.4) is 0 Å². The summed E-state index contributed by atoms with van der Waals surface area (Å²) in [7, 11) is 0. The Morgan fingerprint density at radius 3 is 2.46 bits per heavy atom. The zero-order chi connectivity index (χ0) is 16.9. The lowest BCUT2D eigenvalue weighted by Gasteiger charge is -2.08. The molecule has 3 rings (SSSR count). The highest BCUT2D eigenvalue weighted by molar-refractivity contribution is 6.30. The van der Waals surface area contributed by atoms with Crippen LogP contribution in [0.15, 0.2) is 60.8 Å². The van der Waals surface area contributed by atoms with Gasteiger partial charge in [-0.05, 0) is 36.8 Å². The molecule has 0 saturated heterocycles. The van der Waals surface area contributed by atoms with E-state index < -0.39 is 0 Å². The van der Waals surface area contributed by atoms with Gasteiger partial charge in [0.1, 0.15) is 5.82 Å². The number of anilines is 1. The van der Waals surface area contributed by atoms with Gasteiger partial charge in [-0.2, -0.15) is 0 Å². The minimum absolute atomic E-state index is 0.235. The van der Waals surface area contributed by atoms with Crippen LogP contribution in [0, 0.1) is 6.92 Å². The lowest BCUT2D eigenvalue weighted by molar-refractivity contribution is 0.102. The third-order valence-corrected chi connectivity index (χ3v) is 3.83. The summed E-state index contributed by atoms with van der Waals surface area (Å²) in [6.45, 7) is 1.81. The highest BCUT2D eigenvalue weighted by atomic mass is 35.5. The maximum Gasteiger partial charge on any atom is 0.259 e. The molecule has 0 spiro atoms. The van der Waals surface area contributed by atoms with E-state index >= 15 is 0 Å². The smallest absolute Gasteiger partial charge is 0.259 e. The van der Waals surface area contributed by atoms with Gasteiger partial charge in [0.15, 0.2) is 0 Å². The number of hydrogen-bond acceptors (Lipinski definition) is 3. The van der Waals surface area contributed by atoms with Crippen molar-refractivity contribution in [1.29, 1.82) is 0 Å². The fourth-order valence-electron chi connectivity index (χ4n) is 2.33. The fourth-order valence-corrected chi connectivity index (χ4v) is 2.46. The number of benzene rings is 2. The van der Waals surface area contributed by atoms with E-state index in [-0.39, 0.29) is 5.91 Å². The Morgan fingerprint density at radius 2 is 1.79 bits per heavy atom. The first-order chi connectivity index (χ1) is 11.6. The number of aromatic nitrogens is 2. The predicted molar refractivity (Wildman–Crippen MR) is 95.4 cm³/mol. The summed E-state index contributed by atoms with van der Waals surface area (Å²) in [6.07, 6.45) is 2.21. The van der Waals surface area contributed by atoms with Crippen LogP contribution >= 0.6 is 11.6 Å². The number of hydrogen-bond donors (Lipinski definition) is 1. The van der Waals surface area contributed by atoms with Crippen LogP contribution in [-0.2, 0) is 6.42 Å². The maximum atomic E-state index is 12.4. The molecule has 120 valence electrons. The molecule has 0 aliphatic rings. The van der Waals surface area contributed by atoms with Crippen molar-refractivity contribution in [3.8, 4) is 0 Å². The monoisotopic (exact) mass is 337 g/mol. The average molecular weight is 338 g/mol. The Kier molecular flexibility index (Phi) is 4.87. The first-order valence-corrected chi connectivity index (χ1v) is 7.93. The predicted octanol–water partition coefficient (Wildman–Crippen LogP) is 4.28. The molecule has 3 aromatic rings. The van der Waals surface area contributed by atoms with Crippen LogP contribution in [0.1, 0.15) is 27.4 Å². The molecule has 0 radical (unpaired) electrons. The fraction of sp³-hybridized carbons (Fsp3) is 0.105. The zero-order valence-corrected chi connectivity index (χ0v) is 13.9. The second-order valence-electron chi connectivity index (χ2n) is 5.41. The van der Waals surface area contributed by atoms with Gasteiger partial charge in [0.25, 0.3) is 5.91 Å². The maximum absolute atomic E-state index is 12.4. The summed E-state index contributed by atoms with van der Waals surface area (Å²) >= 11 is 5.84. The molecule has 1 aromatic heterocycles. The van der Waals surface area contributed by atoms with Crippen LogP contribution in [-0.4, -0.2) is 15.9 Å². The standard InChI is InChI=1S/C19H16ClN3O/c1-13-17(19(24)23-16-9-7-15(20)8-10-16)12-21-18(22-13)11-14-5-3-2-4-6-14/h2-10,12H,11H2,1H3,(H,23,24). The summed E-state index contributed by atoms with van der Waals surface area (Å²) in [4.78, 5) is 21.1. The quantitative estimate of drug-likeness (QED) is 0.773. The number of amides is 1. The largest absolute Gasteiger partial charge is 0.322 e. The molecule has 1 N–H and O–H groups in total. The Labute approximate surface area is 145 Å². The van der Waals surface area contributed by atoms with E-state index in [1.165, 1.54) is 0 Å². The minimum Gasteiger partial charge on any atom is -0.322 e. The molecule has 0 atom stereocenters. The van der Waals surface area contributed by atoms with E-state index in [1.54, 1.807) is 30.5 Å². The average Bonchev–Trinajstić information content (AvgIpc) is 2.58. The molecular weight excluding hydrogens is 322 g/mol. The van der Waals surface area contributed by atoms with Gasteiger partial charge in [0, 0.05) is 23.3 Å². The topological polar surface area (TPSA) is 54.9 Å². The normalized spacial score (nSPS) is 10.4. The second kappa shape index (κ2) is 7.23. The highest BCUT2D eigenvalue weighted by Gasteiger charge is 2.12. The lowest BCUT2D eigenvalue weighted by atomic mass is 10.1. The molecule has 2 aromatic carbocycles. The van der Waals surface area contributed by atoms with Gasteiger partial charge in [-0.25, -0.2) is 9.97 Å². The summed E-state index contributed by atoms with van der Waals surface area (Å²) in [5.41, 5.74) is 2.93. The van der Waals surface area contributed by atoms with E-state index in [9.17, 15) is 4.79 Å². The Hall–Kier alpha value is -2.72. The Morgan fingerprint density at radius 1 is 1.08 bits per heavy atom. The molecular formula is C19H16ClN3O. The lowest BCUT2D eigenvalue weighted by Crippen LogP contribution is -2.15. The Balaban J connectivity index is 1.74. The Bertz CT molecular complexity index is 848. The second-order valence-corrected chi connectivity index (χ2v) is 5.85. The van der Waals surface area contributed by atoms with Crippen molar-refractivity contribution in [3.63, 3.8) is 0 Å². The number of carbonyl (C=O) groups is 1. The highest BCUT2D eigenvalue weighted by Crippen LogP contribution is 2.15. The molecule has 0 saturated carbocycles. The molecule has 0 aliphatic heterocycles. The molecule has 0 fully saturated rings. The molecule has 1 amide bonds. The third-order valence-electron chi connectivity index (χ3n) is 3.58. The van der Waals surface area contributed by atoms with Crippen molar-refractivity contribution in [3.05, 3.63) is 88.5 Å². The van der Waals surface area contributed by atoms with Crippen molar-refractivity contribution in [2.75, 3.05) is 5.32 Å². The molecule has 0 bridgehead atoms. The van der Waals surface area contributed by atoms with Crippen LogP contribution in [0.5, 0.6) is 0 Å². The number of nitrogens with zero attached hydrogens (tertiary/aromatic N) is 2. The van der Waals surface area contributed by atoms with Crippen LogP contribution in [0.4, 0.5) is 5.69 Å². The SMILES string of the molecule is Cc1nc(Cc2ccccc2)ncc1C(=O)Nc1ccc(Cl)cc1. The third kappa shape index (κ3) is 3.97. The summed E-state index contributed by atoms with van der Waals surface area (Å²) in [6, 6.07) is 16.9. The number of carbonyl (C=O) groups excluding carboxylic acids is 1. The molecule has 24 heavy (non-hydrogen) atoms. The zero-order valence-electron chi connectivity index (χ0n) is 13.2. The van der Waals surface area contributed by atoms with E-state index in [0.717, 1.165) is 5.56 Å². The first-order valence-electron chi connectivity index (χ1n) is 7.55. The summed E-state index contributed by atoms with van der Waals surface area (Å²) in [5, 5.41) is 3.44. The van der Waals surface area contributed by atoms with Gasteiger partial charge in [0.2, 0.25) is 0 Å². The van der Waals surface area contributed by atoms with Gasteiger partial charge in [0.05, 0.1) is 11.3 Å². The molecule has 4 nitrogen and oxygen atoms in total. The van der Waals surface area contributed by atoms with Gasteiger partial charge in [-0.3, -0.25) is 4.79 Å². The van der Waals surface area contributed by atoms with Crippen molar-refractivity contribution < 1.29 is 4.79 Å². The summed E-state index contributed by atoms with van der Waals surface area (Å²) < 4.78 is 0. The number of halogens is 1. The van der Waals surface area contributed by atoms with E-state index in [1.807, 2.05) is 37.3 Å². The molecule has 0 aliphatic carbocycles. The van der Waals surface area contributed by atoms with Gasteiger partial charge < -0.3 is 5.32 Å². The van der Waals surface area contributed by atoms with Crippen molar-refractivity contribution in [2.45, 2.75) is 13.3 Å². The van der Waals surface area contributed by atoms with Crippen molar-refractivity contribution >= 4 is 23.2 Å². The summed E-state index contributed by atoms with van der Waals surface area (Å²) in [5.74, 6) is 0.461. The van der Waals surface area contributed by atoms with Crippen LogP contribution < -0.4 is 5.32 Å². The minimum atomic E-state index is -0.235. The van der Waals surface area contributed by atoms with Gasteiger partial charge in [-0.1, -0.05) is 41.9 Å². The van der Waals surface area contributed by atoms with Crippen molar-refractivity contribution in [1.82, 2.24) is 9.97 Å².